The Morgan fingerprint density at radius 3 is 2.39 bits per heavy atom. The van der Waals surface area contributed by atoms with Crippen molar-refractivity contribution < 1.29 is 28.6 Å². The van der Waals surface area contributed by atoms with Crippen molar-refractivity contribution >= 4 is 33.3 Å². The highest BCUT2D eigenvalue weighted by molar-refractivity contribution is 9.10. The molecule has 4 rings (SSSR count). The number of fused-ring (bicyclic) bond motifs is 1. The molecule has 1 amide bonds. The zero-order valence-electron chi connectivity index (χ0n) is 18.0. The number of ketones is 1. The lowest BCUT2D eigenvalue weighted by Gasteiger charge is -2.23. The van der Waals surface area contributed by atoms with Gasteiger partial charge in [-0.1, -0.05) is 22.0 Å². The van der Waals surface area contributed by atoms with Crippen molar-refractivity contribution in [2.75, 3.05) is 19.1 Å². The Hall–Kier alpha value is -3.23. The zero-order chi connectivity index (χ0) is 23.8. The van der Waals surface area contributed by atoms with E-state index in [9.17, 15) is 19.1 Å². The van der Waals surface area contributed by atoms with Crippen LogP contribution in [0.25, 0.3) is 0 Å². The van der Waals surface area contributed by atoms with Crippen LogP contribution in [-0.4, -0.2) is 31.0 Å². The van der Waals surface area contributed by atoms with E-state index in [1.807, 2.05) is 0 Å². The number of benzene rings is 3. The van der Waals surface area contributed by atoms with Gasteiger partial charge < -0.3 is 19.5 Å². The summed E-state index contributed by atoms with van der Waals surface area (Å²) in [6.07, 6.45) is -0.469. The number of carbonyl (C=O) groups is 2. The van der Waals surface area contributed by atoms with Crippen LogP contribution >= 0.6 is 15.9 Å². The summed E-state index contributed by atoms with van der Waals surface area (Å²) in [6.45, 7) is 0.154. The van der Waals surface area contributed by atoms with Crippen molar-refractivity contribution in [1.82, 2.24) is 0 Å². The van der Waals surface area contributed by atoms with Gasteiger partial charge in [-0.25, -0.2) is 4.39 Å². The third-order valence-corrected chi connectivity index (χ3v) is 6.16. The highest BCUT2D eigenvalue weighted by Crippen LogP contribution is 2.45. The second-order valence-electron chi connectivity index (χ2n) is 7.71. The van der Waals surface area contributed by atoms with Crippen LogP contribution in [0.3, 0.4) is 0 Å². The van der Waals surface area contributed by atoms with Crippen LogP contribution in [0.5, 0.6) is 11.5 Å². The number of hydrogen-bond acceptors (Lipinski definition) is 5. The summed E-state index contributed by atoms with van der Waals surface area (Å²) in [6, 6.07) is 15.4. The van der Waals surface area contributed by atoms with Crippen LogP contribution in [0.2, 0.25) is 0 Å². The van der Waals surface area contributed by atoms with Gasteiger partial charge in [0, 0.05) is 15.6 Å². The van der Waals surface area contributed by atoms with Crippen LogP contribution in [0.4, 0.5) is 10.1 Å². The third kappa shape index (κ3) is 4.24. The number of amides is 1. The largest absolute Gasteiger partial charge is 0.493 e. The van der Waals surface area contributed by atoms with E-state index in [4.69, 9.17) is 9.47 Å². The van der Waals surface area contributed by atoms with E-state index in [2.05, 4.69) is 15.9 Å². The summed E-state index contributed by atoms with van der Waals surface area (Å²) >= 11 is 3.38. The Kier molecular flexibility index (Phi) is 6.23. The Bertz CT molecular complexity index is 1230. The van der Waals surface area contributed by atoms with Crippen LogP contribution in [0.1, 0.15) is 27.9 Å². The number of aliphatic hydroxyl groups is 1. The number of nitrogens with zero attached hydrogens (tertiary/aromatic N) is 1. The lowest BCUT2D eigenvalue weighted by molar-refractivity contribution is -0.136. The minimum Gasteiger partial charge on any atom is -0.493 e. The van der Waals surface area contributed by atoms with Gasteiger partial charge in [-0.15, -0.1) is 0 Å². The molecule has 0 saturated carbocycles. The molecule has 0 unspecified atom stereocenters. The van der Waals surface area contributed by atoms with Gasteiger partial charge >= 0.3 is 0 Å². The van der Waals surface area contributed by atoms with Crippen molar-refractivity contribution in [3.05, 3.63) is 87.6 Å². The van der Waals surface area contributed by atoms with Crippen LogP contribution in [0, 0.1) is 5.82 Å². The minimum absolute atomic E-state index is 0.154. The molecule has 3 aromatic carbocycles. The number of halogens is 2. The Labute approximate surface area is 198 Å². The maximum Gasteiger partial charge on any atom is 0.264 e. The highest BCUT2D eigenvalue weighted by Gasteiger charge is 2.51. The fourth-order valence-electron chi connectivity index (χ4n) is 3.98. The lowest BCUT2D eigenvalue weighted by atomic mass is 9.88. The van der Waals surface area contributed by atoms with Crippen molar-refractivity contribution in [3.8, 4) is 11.5 Å². The number of carbonyl (C=O) groups excluding carboxylic acids is 2. The summed E-state index contributed by atoms with van der Waals surface area (Å²) in [5, 5.41) is 11.5. The Balaban J connectivity index is 1.69. The standard InChI is InChI=1S/C25H21BrFNO5/c1-32-22-10-3-15(11-23(22)33-2)14-28-20-9-6-17(26)12-19(20)25(31,24(28)30)13-21(29)16-4-7-18(27)8-5-16/h3-12,31H,13-14H2,1-2H3/t25-/m1/s1. The van der Waals surface area contributed by atoms with Crippen LogP contribution in [-0.2, 0) is 16.9 Å². The maximum atomic E-state index is 13.5. The summed E-state index contributed by atoms with van der Waals surface area (Å²) in [5.41, 5.74) is -0.247. The molecule has 0 radical (unpaired) electrons. The normalized spacial score (nSPS) is 17.1. The molecule has 0 bridgehead atoms. The molecule has 33 heavy (non-hydrogen) atoms. The SMILES string of the molecule is COc1ccc(CN2C(=O)[C@@](O)(CC(=O)c3ccc(F)cc3)c3cc(Br)ccc32)cc1OC. The number of ether oxygens (including phenoxy) is 2. The van der Waals surface area contributed by atoms with Crippen molar-refractivity contribution in [1.29, 1.82) is 0 Å². The molecule has 1 atom stereocenters. The van der Waals surface area contributed by atoms with Gasteiger partial charge in [-0.2, -0.15) is 0 Å². The van der Waals surface area contributed by atoms with E-state index in [-0.39, 0.29) is 12.1 Å². The second-order valence-corrected chi connectivity index (χ2v) is 8.62. The first-order valence-corrected chi connectivity index (χ1v) is 10.9. The molecule has 1 heterocycles. The first-order valence-electron chi connectivity index (χ1n) is 10.1. The monoisotopic (exact) mass is 513 g/mol. The minimum atomic E-state index is -2.05. The molecule has 0 fully saturated rings. The third-order valence-electron chi connectivity index (χ3n) is 5.67. The molecular weight excluding hydrogens is 493 g/mol. The summed E-state index contributed by atoms with van der Waals surface area (Å²) in [4.78, 5) is 27.8. The topological polar surface area (TPSA) is 76.1 Å². The molecule has 0 saturated heterocycles. The average Bonchev–Trinajstić information content (AvgIpc) is 3.00. The van der Waals surface area contributed by atoms with E-state index < -0.39 is 29.5 Å². The van der Waals surface area contributed by atoms with Crippen molar-refractivity contribution in [2.24, 2.45) is 0 Å². The van der Waals surface area contributed by atoms with E-state index in [0.29, 0.717) is 27.2 Å². The molecule has 0 spiro atoms. The summed E-state index contributed by atoms with van der Waals surface area (Å²) in [7, 11) is 3.06. The zero-order valence-corrected chi connectivity index (χ0v) is 19.6. The predicted molar refractivity (Wildman–Crippen MR) is 124 cm³/mol. The van der Waals surface area contributed by atoms with Crippen molar-refractivity contribution in [3.63, 3.8) is 0 Å². The first kappa shape index (κ1) is 22.9. The molecule has 1 N–H and O–H groups in total. The molecule has 6 nitrogen and oxygen atoms in total. The highest BCUT2D eigenvalue weighted by atomic mass is 79.9. The van der Waals surface area contributed by atoms with Gasteiger partial charge in [0.1, 0.15) is 5.82 Å². The van der Waals surface area contributed by atoms with E-state index >= 15 is 0 Å². The Morgan fingerprint density at radius 1 is 1.03 bits per heavy atom. The van der Waals surface area contributed by atoms with Gasteiger partial charge in [0.05, 0.1) is 32.9 Å². The van der Waals surface area contributed by atoms with Gasteiger partial charge in [0.15, 0.2) is 22.9 Å². The number of rotatable bonds is 7. The quantitative estimate of drug-likeness (QED) is 0.466. The molecule has 1 aliphatic heterocycles. The molecule has 1 aliphatic rings. The maximum absolute atomic E-state index is 13.5. The molecule has 0 aromatic heterocycles. The number of Topliss-reactive ketones (excluding diaryl/α,β-unsaturated/α-hetero) is 1. The molecule has 0 aliphatic carbocycles. The lowest BCUT2D eigenvalue weighted by Crippen LogP contribution is -2.41. The molecule has 170 valence electrons. The molecular formula is C25H21BrFNO5. The predicted octanol–water partition coefficient (Wildman–Crippen LogP) is 4.61. The van der Waals surface area contributed by atoms with Gasteiger partial charge in [-0.3, -0.25) is 9.59 Å². The fourth-order valence-corrected chi connectivity index (χ4v) is 4.34. The summed E-state index contributed by atoms with van der Waals surface area (Å²) < 4.78 is 24.5. The second kappa shape index (κ2) is 8.96. The van der Waals surface area contributed by atoms with E-state index in [0.717, 1.165) is 5.56 Å². The van der Waals surface area contributed by atoms with Crippen molar-refractivity contribution in [2.45, 2.75) is 18.6 Å². The number of methoxy groups -OCH3 is 2. The first-order chi connectivity index (χ1) is 15.8. The van der Waals surface area contributed by atoms with Gasteiger partial charge in [-0.05, 0) is 60.2 Å². The number of anilines is 1. The van der Waals surface area contributed by atoms with Crippen LogP contribution in [0.15, 0.2) is 65.1 Å². The Morgan fingerprint density at radius 2 is 1.73 bits per heavy atom. The van der Waals surface area contributed by atoms with Crippen LogP contribution < -0.4 is 14.4 Å². The van der Waals surface area contributed by atoms with E-state index in [1.165, 1.54) is 43.4 Å². The molecule has 8 heteroatoms. The van der Waals surface area contributed by atoms with Gasteiger partial charge in [0.25, 0.3) is 5.91 Å². The average molecular weight is 514 g/mol. The van der Waals surface area contributed by atoms with E-state index in [1.54, 1.807) is 36.4 Å². The smallest absolute Gasteiger partial charge is 0.264 e. The fraction of sp³-hybridized carbons (Fsp3) is 0.200. The van der Waals surface area contributed by atoms with Gasteiger partial charge in [0.2, 0.25) is 0 Å². The number of hydrogen-bond donors (Lipinski definition) is 1. The summed E-state index contributed by atoms with van der Waals surface area (Å²) in [5.74, 6) is -0.484. The molecule has 3 aromatic rings.